The third-order valence-electron chi connectivity index (χ3n) is 4.03. The van der Waals surface area contributed by atoms with E-state index in [1.54, 1.807) is 68.6 Å². The SMILES string of the molecule is CCOC(=O)c1ccccc1Nc1ccc(C(=O)Nc2cccc(OC)c2)nc1. The molecule has 29 heavy (non-hydrogen) atoms. The summed E-state index contributed by atoms with van der Waals surface area (Å²) in [6, 6.07) is 17.4. The molecule has 3 aromatic rings. The summed E-state index contributed by atoms with van der Waals surface area (Å²) in [7, 11) is 1.56. The van der Waals surface area contributed by atoms with Crippen molar-refractivity contribution in [1.29, 1.82) is 0 Å². The first-order chi connectivity index (χ1) is 14.1. The number of nitrogens with zero attached hydrogens (tertiary/aromatic N) is 1. The van der Waals surface area contributed by atoms with Gasteiger partial charge in [0.15, 0.2) is 0 Å². The maximum absolute atomic E-state index is 12.4. The van der Waals surface area contributed by atoms with E-state index in [0.717, 1.165) is 0 Å². The number of methoxy groups -OCH3 is 1. The van der Waals surface area contributed by atoms with Gasteiger partial charge in [-0.2, -0.15) is 0 Å². The number of nitrogens with one attached hydrogen (secondary N) is 2. The van der Waals surface area contributed by atoms with E-state index in [9.17, 15) is 9.59 Å². The fraction of sp³-hybridized carbons (Fsp3) is 0.136. The topological polar surface area (TPSA) is 89.5 Å². The number of aromatic nitrogens is 1. The summed E-state index contributed by atoms with van der Waals surface area (Å²) in [5.74, 6) is -0.0925. The van der Waals surface area contributed by atoms with E-state index < -0.39 is 5.97 Å². The molecule has 1 aromatic heterocycles. The van der Waals surface area contributed by atoms with Crippen LogP contribution in [0.3, 0.4) is 0 Å². The smallest absolute Gasteiger partial charge is 0.340 e. The first-order valence-corrected chi connectivity index (χ1v) is 9.05. The van der Waals surface area contributed by atoms with Gasteiger partial charge >= 0.3 is 5.97 Å². The number of pyridine rings is 1. The number of amides is 1. The number of benzene rings is 2. The van der Waals surface area contributed by atoms with Crippen molar-refractivity contribution < 1.29 is 19.1 Å². The van der Waals surface area contributed by atoms with Crippen molar-refractivity contribution >= 4 is 28.9 Å². The molecule has 2 N–H and O–H groups in total. The molecule has 7 nitrogen and oxygen atoms in total. The zero-order chi connectivity index (χ0) is 20.6. The van der Waals surface area contributed by atoms with Crippen molar-refractivity contribution in [2.24, 2.45) is 0 Å². The number of hydrogen-bond acceptors (Lipinski definition) is 6. The molecule has 0 atom stereocenters. The number of esters is 1. The minimum absolute atomic E-state index is 0.261. The number of ether oxygens (including phenoxy) is 2. The van der Waals surface area contributed by atoms with Gasteiger partial charge < -0.3 is 20.1 Å². The molecule has 2 aromatic carbocycles. The van der Waals surface area contributed by atoms with Crippen LogP contribution in [-0.4, -0.2) is 30.6 Å². The number of hydrogen-bond donors (Lipinski definition) is 2. The second-order valence-electron chi connectivity index (χ2n) is 6.01. The summed E-state index contributed by atoms with van der Waals surface area (Å²) in [6.45, 7) is 2.05. The first-order valence-electron chi connectivity index (χ1n) is 9.05. The maximum Gasteiger partial charge on any atom is 0.340 e. The minimum Gasteiger partial charge on any atom is -0.497 e. The van der Waals surface area contributed by atoms with Crippen molar-refractivity contribution in [2.75, 3.05) is 24.4 Å². The molecule has 7 heteroatoms. The van der Waals surface area contributed by atoms with Crippen molar-refractivity contribution in [3.05, 3.63) is 78.1 Å². The molecule has 0 saturated heterocycles. The normalized spacial score (nSPS) is 10.1. The summed E-state index contributed by atoms with van der Waals surface area (Å²) in [5, 5.41) is 5.91. The summed E-state index contributed by atoms with van der Waals surface area (Å²) in [5.41, 5.74) is 2.54. The molecular formula is C22H21N3O4. The molecule has 0 bridgehead atoms. The van der Waals surface area contributed by atoms with Crippen LogP contribution in [0, 0.1) is 0 Å². The lowest BCUT2D eigenvalue weighted by Gasteiger charge is -2.11. The van der Waals surface area contributed by atoms with Crippen LogP contribution in [0.5, 0.6) is 5.75 Å². The number of carbonyl (C=O) groups excluding carboxylic acids is 2. The van der Waals surface area contributed by atoms with E-state index in [1.165, 1.54) is 6.20 Å². The van der Waals surface area contributed by atoms with Gasteiger partial charge in [-0.3, -0.25) is 4.79 Å². The monoisotopic (exact) mass is 391 g/mol. The van der Waals surface area contributed by atoms with Crippen molar-refractivity contribution in [1.82, 2.24) is 4.98 Å². The zero-order valence-corrected chi connectivity index (χ0v) is 16.1. The molecule has 148 valence electrons. The van der Waals surface area contributed by atoms with Gasteiger partial charge in [0.25, 0.3) is 5.91 Å². The van der Waals surface area contributed by atoms with Crippen LogP contribution >= 0.6 is 0 Å². The molecule has 3 rings (SSSR count). The fourth-order valence-corrected chi connectivity index (χ4v) is 2.63. The molecule has 0 unspecified atom stereocenters. The standard InChI is InChI=1S/C22H21N3O4/c1-3-29-22(27)18-9-4-5-10-19(18)24-16-11-12-20(23-14-16)21(26)25-15-7-6-8-17(13-15)28-2/h4-14,24H,3H2,1-2H3,(H,25,26). The van der Waals surface area contributed by atoms with Gasteiger partial charge in [0.2, 0.25) is 0 Å². The molecule has 1 heterocycles. The second kappa shape index (κ2) is 9.36. The van der Waals surface area contributed by atoms with Gasteiger partial charge in [-0.15, -0.1) is 0 Å². The highest BCUT2D eigenvalue weighted by molar-refractivity contribution is 6.03. The largest absolute Gasteiger partial charge is 0.497 e. The number of para-hydroxylation sites is 1. The van der Waals surface area contributed by atoms with Gasteiger partial charge in [0.1, 0.15) is 11.4 Å². The van der Waals surface area contributed by atoms with E-state index in [4.69, 9.17) is 9.47 Å². The Morgan fingerprint density at radius 2 is 1.83 bits per heavy atom. The van der Waals surface area contributed by atoms with E-state index >= 15 is 0 Å². The van der Waals surface area contributed by atoms with E-state index in [2.05, 4.69) is 15.6 Å². The van der Waals surface area contributed by atoms with Crippen LogP contribution in [-0.2, 0) is 4.74 Å². The maximum atomic E-state index is 12.4. The Morgan fingerprint density at radius 3 is 2.55 bits per heavy atom. The van der Waals surface area contributed by atoms with Crippen LogP contribution < -0.4 is 15.4 Å². The molecular weight excluding hydrogens is 370 g/mol. The van der Waals surface area contributed by atoms with E-state index in [0.29, 0.717) is 35.0 Å². The lowest BCUT2D eigenvalue weighted by molar-refractivity contribution is 0.0527. The van der Waals surface area contributed by atoms with Crippen LogP contribution in [0.15, 0.2) is 66.9 Å². The van der Waals surface area contributed by atoms with Crippen LogP contribution in [0.1, 0.15) is 27.8 Å². The Balaban J connectivity index is 1.71. The van der Waals surface area contributed by atoms with E-state index in [-0.39, 0.29) is 11.6 Å². The summed E-state index contributed by atoms with van der Waals surface area (Å²) in [6.07, 6.45) is 1.53. The molecule has 0 aliphatic carbocycles. The summed E-state index contributed by atoms with van der Waals surface area (Å²) in [4.78, 5) is 28.7. The van der Waals surface area contributed by atoms with Crippen molar-refractivity contribution in [3.63, 3.8) is 0 Å². The summed E-state index contributed by atoms with van der Waals surface area (Å²) >= 11 is 0. The highest BCUT2D eigenvalue weighted by Crippen LogP contribution is 2.22. The lowest BCUT2D eigenvalue weighted by Crippen LogP contribution is -2.13. The zero-order valence-electron chi connectivity index (χ0n) is 16.1. The predicted octanol–water partition coefficient (Wildman–Crippen LogP) is 4.26. The summed E-state index contributed by atoms with van der Waals surface area (Å²) < 4.78 is 10.2. The molecule has 0 aliphatic heterocycles. The Kier molecular flexibility index (Phi) is 6.42. The average Bonchev–Trinajstić information content (AvgIpc) is 2.75. The van der Waals surface area contributed by atoms with Crippen molar-refractivity contribution in [3.8, 4) is 5.75 Å². The quantitative estimate of drug-likeness (QED) is 0.585. The average molecular weight is 391 g/mol. The van der Waals surface area contributed by atoms with Gasteiger partial charge in [0, 0.05) is 11.8 Å². The number of rotatable bonds is 7. The first kappa shape index (κ1) is 19.9. The molecule has 0 fully saturated rings. The lowest BCUT2D eigenvalue weighted by atomic mass is 10.1. The van der Waals surface area contributed by atoms with Crippen LogP contribution in [0.4, 0.5) is 17.1 Å². The second-order valence-corrected chi connectivity index (χ2v) is 6.01. The minimum atomic E-state index is -0.405. The Bertz CT molecular complexity index is 1000. The molecule has 0 aliphatic rings. The Labute approximate surface area is 168 Å². The van der Waals surface area contributed by atoms with Gasteiger partial charge in [0.05, 0.1) is 36.9 Å². The van der Waals surface area contributed by atoms with Gasteiger partial charge in [-0.1, -0.05) is 18.2 Å². The Hall–Kier alpha value is -3.87. The molecule has 0 saturated carbocycles. The van der Waals surface area contributed by atoms with Gasteiger partial charge in [-0.25, -0.2) is 9.78 Å². The highest BCUT2D eigenvalue weighted by Gasteiger charge is 2.13. The van der Waals surface area contributed by atoms with Gasteiger partial charge in [-0.05, 0) is 43.3 Å². The van der Waals surface area contributed by atoms with Crippen molar-refractivity contribution in [2.45, 2.75) is 6.92 Å². The van der Waals surface area contributed by atoms with E-state index in [1.807, 2.05) is 6.07 Å². The predicted molar refractivity (Wildman–Crippen MR) is 111 cm³/mol. The van der Waals surface area contributed by atoms with Crippen LogP contribution in [0.2, 0.25) is 0 Å². The number of carbonyl (C=O) groups is 2. The van der Waals surface area contributed by atoms with Crippen LogP contribution in [0.25, 0.3) is 0 Å². The molecule has 1 amide bonds. The highest BCUT2D eigenvalue weighted by atomic mass is 16.5. The Morgan fingerprint density at radius 1 is 1.00 bits per heavy atom. The third-order valence-corrected chi connectivity index (χ3v) is 4.03. The molecule has 0 spiro atoms. The fourth-order valence-electron chi connectivity index (χ4n) is 2.63. The number of anilines is 3. The molecule has 0 radical (unpaired) electrons. The third kappa shape index (κ3) is 5.10.